The largest absolute Gasteiger partial charge is 0.366 e. The SMILES string of the molecule is C1=C(c2ccccc2-c2ccccc2)C2=C(NC1)N(c1ccccc1)C(c1cc(-c3cccnc3)cc(-n3c4ccccc4c4ccccc43)c1)N2. The molecule has 0 fully saturated rings. The number of anilines is 1. The molecule has 8 aromatic rings. The third-order valence-corrected chi connectivity index (χ3v) is 10.3. The number of dihydropyridines is 1. The first-order chi connectivity index (χ1) is 25.8. The molecule has 0 bridgehead atoms. The van der Waals surface area contributed by atoms with Gasteiger partial charge in [0.1, 0.15) is 12.0 Å². The molecule has 0 aliphatic carbocycles. The average molecular weight is 670 g/mol. The maximum absolute atomic E-state index is 4.52. The smallest absolute Gasteiger partial charge is 0.133 e. The van der Waals surface area contributed by atoms with Crippen LogP contribution in [0.1, 0.15) is 17.3 Å². The number of nitrogens with zero attached hydrogens (tertiary/aromatic N) is 3. The van der Waals surface area contributed by atoms with Crippen LogP contribution in [0.3, 0.4) is 0 Å². The van der Waals surface area contributed by atoms with Gasteiger partial charge >= 0.3 is 0 Å². The predicted octanol–water partition coefficient (Wildman–Crippen LogP) is 10.5. The van der Waals surface area contributed by atoms with Crippen LogP contribution in [0.15, 0.2) is 194 Å². The Morgan fingerprint density at radius 3 is 1.94 bits per heavy atom. The molecular formula is C47H35N5. The lowest BCUT2D eigenvalue weighted by Gasteiger charge is -2.30. The molecule has 248 valence electrons. The summed E-state index contributed by atoms with van der Waals surface area (Å²) >= 11 is 0. The standard InChI is InChI=1S/C47H35N5/c1-3-14-32(15-4-1)38-19-7-8-20-39(38)42-25-27-49-47-45(42)50-46(52(47)36-17-5-2-6-18-36)35-28-34(33-16-13-26-48-31-33)29-37(30-35)51-43-23-11-9-21-40(43)41-22-10-12-24-44(41)51/h1-26,28-31,46,49-50H,27H2. The van der Waals surface area contributed by atoms with Gasteiger partial charge in [0.2, 0.25) is 0 Å². The highest BCUT2D eigenvalue weighted by atomic mass is 15.4. The molecule has 0 radical (unpaired) electrons. The molecule has 1 unspecified atom stereocenters. The zero-order valence-corrected chi connectivity index (χ0v) is 28.4. The molecule has 0 saturated heterocycles. The number of nitrogens with one attached hydrogen (secondary N) is 2. The van der Waals surface area contributed by atoms with Crippen molar-refractivity contribution in [2.24, 2.45) is 0 Å². The molecule has 2 aromatic heterocycles. The van der Waals surface area contributed by atoms with Crippen molar-refractivity contribution in [3.8, 4) is 27.9 Å². The second kappa shape index (κ2) is 12.5. The fourth-order valence-electron chi connectivity index (χ4n) is 8.00. The number of fused-ring (bicyclic) bond motifs is 3. The minimum Gasteiger partial charge on any atom is -0.366 e. The van der Waals surface area contributed by atoms with Crippen LogP contribution in [0.2, 0.25) is 0 Å². The Bertz CT molecular complexity index is 2600. The summed E-state index contributed by atoms with van der Waals surface area (Å²) in [4.78, 5) is 6.94. The van der Waals surface area contributed by atoms with E-state index in [0.29, 0.717) is 0 Å². The van der Waals surface area contributed by atoms with Gasteiger partial charge in [0.25, 0.3) is 0 Å². The van der Waals surface area contributed by atoms with Gasteiger partial charge in [-0.15, -0.1) is 0 Å². The number of allylic oxidation sites excluding steroid dienone is 1. The number of para-hydroxylation sites is 3. The van der Waals surface area contributed by atoms with E-state index >= 15 is 0 Å². The zero-order chi connectivity index (χ0) is 34.4. The lowest BCUT2D eigenvalue weighted by atomic mass is 9.91. The summed E-state index contributed by atoms with van der Waals surface area (Å²) in [6.07, 6.45) is 5.91. The molecule has 5 nitrogen and oxygen atoms in total. The van der Waals surface area contributed by atoms with Crippen LogP contribution in [-0.2, 0) is 0 Å². The van der Waals surface area contributed by atoms with Crippen LogP contribution in [0.4, 0.5) is 5.69 Å². The van der Waals surface area contributed by atoms with Crippen molar-refractivity contribution in [1.29, 1.82) is 0 Å². The highest BCUT2D eigenvalue weighted by Crippen LogP contribution is 2.44. The highest BCUT2D eigenvalue weighted by Gasteiger charge is 2.37. The van der Waals surface area contributed by atoms with E-state index in [0.717, 1.165) is 46.1 Å². The van der Waals surface area contributed by atoms with Gasteiger partial charge in [-0.2, -0.15) is 0 Å². The van der Waals surface area contributed by atoms with Crippen molar-refractivity contribution in [3.63, 3.8) is 0 Å². The Balaban J connectivity index is 1.18. The van der Waals surface area contributed by atoms with Gasteiger partial charge in [-0.1, -0.05) is 121 Å². The molecule has 6 aromatic carbocycles. The van der Waals surface area contributed by atoms with Gasteiger partial charge in [-0.05, 0) is 76.3 Å². The van der Waals surface area contributed by atoms with Crippen molar-refractivity contribution in [3.05, 3.63) is 205 Å². The van der Waals surface area contributed by atoms with Crippen LogP contribution >= 0.6 is 0 Å². The first-order valence-electron chi connectivity index (χ1n) is 17.8. The van der Waals surface area contributed by atoms with Crippen molar-refractivity contribution < 1.29 is 0 Å². The minimum absolute atomic E-state index is 0.200. The molecule has 52 heavy (non-hydrogen) atoms. The summed E-state index contributed by atoms with van der Waals surface area (Å²) in [5, 5.41) is 10.3. The average Bonchev–Trinajstić information content (AvgIpc) is 3.78. The van der Waals surface area contributed by atoms with E-state index in [2.05, 4.69) is 189 Å². The first-order valence-corrected chi connectivity index (χ1v) is 17.8. The fourth-order valence-corrected chi connectivity index (χ4v) is 8.00. The van der Waals surface area contributed by atoms with Gasteiger partial charge in [0, 0.05) is 52.2 Å². The van der Waals surface area contributed by atoms with E-state index in [9.17, 15) is 0 Å². The Morgan fingerprint density at radius 1 is 0.558 bits per heavy atom. The summed E-state index contributed by atoms with van der Waals surface area (Å²) < 4.78 is 2.41. The summed E-state index contributed by atoms with van der Waals surface area (Å²) in [6, 6.07) is 58.7. The number of benzene rings is 6. The van der Waals surface area contributed by atoms with E-state index in [-0.39, 0.29) is 6.17 Å². The van der Waals surface area contributed by atoms with E-state index in [1.807, 2.05) is 18.5 Å². The third kappa shape index (κ3) is 4.97. The second-order valence-corrected chi connectivity index (χ2v) is 13.3. The normalized spacial score (nSPS) is 15.3. The fraction of sp³-hybridized carbons (Fsp3) is 0.0426. The molecule has 2 aliphatic heterocycles. The van der Waals surface area contributed by atoms with Crippen LogP contribution in [0, 0.1) is 0 Å². The van der Waals surface area contributed by atoms with Gasteiger partial charge in [0.15, 0.2) is 0 Å². The number of hydrogen-bond acceptors (Lipinski definition) is 4. The van der Waals surface area contributed by atoms with Crippen molar-refractivity contribution in [2.45, 2.75) is 6.17 Å². The first kappa shape index (κ1) is 30.0. The van der Waals surface area contributed by atoms with Crippen molar-refractivity contribution >= 4 is 33.1 Å². The van der Waals surface area contributed by atoms with E-state index in [4.69, 9.17) is 0 Å². The molecule has 0 amide bonds. The zero-order valence-electron chi connectivity index (χ0n) is 28.4. The molecule has 1 atom stereocenters. The van der Waals surface area contributed by atoms with Gasteiger partial charge in [-0.25, -0.2) is 0 Å². The van der Waals surface area contributed by atoms with Gasteiger partial charge < -0.3 is 20.1 Å². The topological polar surface area (TPSA) is 45.1 Å². The van der Waals surface area contributed by atoms with Crippen LogP contribution in [-0.4, -0.2) is 16.1 Å². The lowest BCUT2D eigenvalue weighted by Crippen LogP contribution is -2.34. The third-order valence-electron chi connectivity index (χ3n) is 10.3. The minimum atomic E-state index is -0.200. The van der Waals surface area contributed by atoms with E-state index in [1.165, 1.54) is 44.1 Å². The molecule has 10 rings (SSSR count). The molecule has 2 aliphatic rings. The van der Waals surface area contributed by atoms with Crippen molar-refractivity contribution in [1.82, 2.24) is 20.2 Å². The number of aromatic nitrogens is 2. The lowest BCUT2D eigenvalue weighted by molar-refractivity contribution is 0.642. The van der Waals surface area contributed by atoms with Crippen LogP contribution in [0.25, 0.3) is 55.3 Å². The Hall–Kier alpha value is -6.85. The Kier molecular flexibility index (Phi) is 7.21. The molecule has 0 saturated carbocycles. The molecule has 0 spiro atoms. The second-order valence-electron chi connectivity index (χ2n) is 13.3. The summed E-state index contributed by atoms with van der Waals surface area (Å²) in [6.45, 7) is 0.720. The van der Waals surface area contributed by atoms with Crippen molar-refractivity contribution in [2.75, 3.05) is 11.4 Å². The molecule has 5 heteroatoms. The van der Waals surface area contributed by atoms with E-state index < -0.39 is 0 Å². The number of pyridine rings is 1. The summed E-state index contributed by atoms with van der Waals surface area (Å²) in [7, 11) is 0. The monoisotopic (exact) mass is 669 g/mol. The van der Waals surface area contributed by atoms with E-state index in [1.54, 1.807) is 0 Å². The Labute approximate surface area is 302 Å². The molecular weight excluding hydrogens is 635 g/mol. The summed E-state index contributed by atoms with van der Waals surface area (Å²) in [5.41, 5.74) is 13.8. The maximum Gasteiger partial charge on any atom is 0.133 e. The number of rotatable bonds is 6. The van der Waals surface area contributed by atoms with Crippen LogP contribution < -0.4 is 15.5 Å². The molecule has 2 N–H and O–H groups in total. The van der Waals surface area contributed by atoms with Crippen LogP contribution in [0.5, 0.6) is 0 Å². The maximum atomic E-state index is 4.52. The summed E-state index contributed by atoms with van der Waals surface area (Å²) in [5.74, 6) is 1.07. The van der Waals surface area contributed by atoms with Gasteiger partial charge in [-0.3, -0.25) is 4.98 Å². The quantitative estimate of drug-likeness (QED) is 0.185. The molecule has 4 heterocycles. The Morgan fingerprint density at radius 2 is 1.21 bits per heavy atom. The van der Waals surface area contributed by atoms with Gasteiger partial charge in [0.05, 0.1) is 16.7 Å². The number of hydrogen-bond donors (Lipinski definition) is 2. The highest BCUT2D eigenvalue weighted by molar-refractivity contribution is 6.09. The predicted molar refractivity (Wildman–Crippen MR) is 214 cm³/mol.